The second-order valence-corrected chi connectivity index (χ2v) is 7.81. The number of hydrogen-bond acceptors (Lipinski definition) is 6. The van der Waals surface area contributed by atoms with Crippen molar-refractivity contribution >= 4 is 39.2 Å². The number of anilines is 1. The highest BCUT2D eigenvalue weighted by atomic mass is 35.5. The van der Waals surface area contributed by atoms with Crippen molar-refractivity contribution in [1.82, 2.24) is 4.72 Å². The van der Waals surface area contributed by atoms with Gasteiger partial charge in [0.05, 0.1) is 21.8 Å². The van der Waals surface area contributed by atoms with Crippen molar-refractivity contribution in [2.24, 2.45) is 0 Å². The molecule has 2 aromatic rings. The van der Waals surface area contributed by atoms with Crippen LogP contribution < -0.4 is 10.0 Å². The number of nitrogens with zero attached hydrogens (tertiary/aromatic N) is 1. The van der Waals surface area contributed by atoms with E-state index in [4.69, 9.17) is 21.6 Å². The highest BCUT2D eigenvalue weighted by Gasteiger charge is 2.23. The number of esters is 1. The highest BCUT2D eigenvalue weighted by molar-refractivity contribution is 7.89. The summed E-state index contributed by atoms with van der Waals surface area (Å²) < 4.78 is 31.1. The Balaban J connectivity index is 2.15. The molecule has 0 unspecified atom stereocenters. The number of halogens is 1. The van der Waals surface area contributed by atoms with Crippen LogP contribution in [0.1, 0.15) is 22.8 Å². The molecule has 1 amide bonds. The molecule has 0 radical (unpaired) electrons. The minimum absolute atomic E-state index is 0.0650. The van der Waals surface area contributed by atoms with Gasteiger partial charge in [-0.25, -0.2) is 17.9 Å². The summed E-state index contributed by atoms with van der Waals surface area (Å²) in [6.45, 7) is 1.35. The number of ether oxygens (including phenoxy) is 1. The van der Waals surface area contributed by atoms with Crippen LogP contribution in [0.5, 0.6) is 0 Å². The Hall–Kier alpha value is -2.93. The van der Waals surface area contributed by atoms with Crippen molar-refractivity contribution in [1.29, 1.82) is 5.26 Å². The molecule has 0 aromatic heterocycles. The van der Waals surface area contributed by atoms with Crippen LogP contribution in [0, 0.1) is 11.3 Å². The number of benzene rings is 2. The van der Waals surface area contributed by atoms with Crippen LogP contribution in [0.25, 0.3) is 0 Å². The summed E-state index contributed by atoms with van der Waals surface area (Å²) in [5, 5.41) is 11.5. The molecule has 0 fully saturated rings. The number of nitriles is 1. The third-order valence-corrected chi connectivity index (χ3v) is 5.58. The Kier molecular flexibility index (Phi) is 6.75. The molecule has 0 aliphatic heterocycles. The number of amides is 1. The zero-order valence-electron chi connectivity index (χ0n) is 14.9. The van der Waals surface area contributed by atoms with Gasteiger partial charge in [-0.05, 0) is 44.3 Å². The molecule has 0 heterocycles. The molecule has 10 heteroatoms. The maximum atomic E-state index is 12.3. The Labute approximate surface area is 167 Å². The lowest BCUT2D eigenvalue weighted by molar-refractivity contribution is -0.123. The van der Waals surface area contributed by atoms with Crippen LogP contribution in [-0.2, 0) is 19.6 Å². The third-order valence-electron chi connectivity index (χ3n) is 3.68. The zero-order chi connectivity index (χ0) is 20.9. The van der Waals surface area contributed by atoms with E-state index in [-0.39, 0.29) is 26.7 Å². The van der Waals surface area contributed by atoms with Crippen LogP contribution in [-0.4, -0.2) is 33.4 Å². The number of nitrogens with one attached hydrogen (secondary N) is 2. The van der Waals surface area contributed by atoms with Gasteiger partial charge in [0.2, 0.25) is 10.0 Å². The number of rotatable bonds is 6. The number of sulfonamides is 1. The molecule has 0 aliphatic carbocycles. The van der Waals surface area contributed by atoms with E-state index in [1.165, 1.54) is 32.2 Å². The molecule has 0 saturated carbocycles. The molecule has 146 valence electrons. The van der Waals surface area contributed by atoms with Gasteiger partial charge in [0.15, 0.2) is 6.10 Å². The lowest BCUT2D eigenvalue weighted by Crippen LogP contribution is -2.30. The maximum Gasteiger partial charge on any atom is 0.338 e. The summed E-state index contributed by atoms with van der Waals surface area (Å²) in [6.07, 6.45) is -1.20. The van der Waals surface area contributed by atoms with Gasteiger partial charge in [0, 0.05) is 0 Å². The molecule has 1 atom stereocenters. The summed E-state index contributed by atoms with van der Waals surface area (Å²) in [7, 11) is -2.67. The van der Waals surface area contributed by atoms with Crippen molar-refractivity contribution < 1.29 is 22.7 Å². The first kappa shape index (κ1) is 21.4. The van der Waals surface area contributed by atoms with E-state index in [0.29, 0.717) is 0 Å². The van der Waals surface area contributed by atoms with Gasteiger partial charge >= 0.3 is 5.97 Å². The first-order valence-corrected chi connectivity index (χ1v) is 9.79. The predicted molar refractivity (Wildman–Crippen MR) is 102 cm³/mol. The fourth-order valence-corrected chi connectivity index (χ4v) is 3.40. The van der Waals surface area contributed by atoms with E-state index in [1.807, 2.05) is 6.07 Å². The molecule has 8 nitrogen and oxygen atoms in total. The monoisotopic (exact) mass is 421 g/mol. The van der Waals surface area contributed by atoms with E-state index in [2.05, 4.69) is 10.0 Å². The van der Waals surface area contributed by atoms with Crippen molar-refractivity contribution in [3.05, 3.63) is 58.6 Å². The summed E-state index contributed by atoms with van der Waals surface area (Å²) >= 11 is 5.88. The van der Waals surface area contributed by atoms with Gasteiger partial charge in [-0.15, -0.1) is 0 Å². The first-order chi connectivity index (χ1) is 13.2. The fraction of sp³-hybridized carbons (Fsp3) is 0.167. The Bertz CT molecular complexity index is 1060. The average Bonchev–Trinajstić information content (AvgIpc) is 2.68. The van der Waals surface area contributed by atoms with Crippen LogP contribution in [0.3, 0.4) is 0 Å². The van der Waals surface area contributed by atoms with Gasteiger partial charge < -0.3 is 10.1 Å². The van der Waals surface area contributed by atoms with Gasteiger partial charge in [0.1, 0.15) is 11.0 Å². The topological polar surface area (TPSA) is 125 Å². The molecule has 0 spiro atoms. The van der Waals surface area contributed by atoms with E-state index in [1.54, 1.807) is 18.2 Å². The van der Waals surface area contributed by atoms with Crippen molar-refractivity contribution in [3.63, 3.8) is 0 Å². The van der Waals surface area contributed by atoms with Crippen LogP contribution in [0.2, 0.25) is 5.02 Å². The van der Waals surface area contributed by atoms with Crippen LogP contribution in [0.4, 0.5) is 5.69 Å². The molecule has 0 bridgehead atoms. The standard InChI is InChI=1S/C18H16ClN3O5S/c1-11(17(23)22-15-6-4-3-5-13(15)10-20)27-18(24)12-7-8-14(19)16(9-12)28(25,26)21-2/h3-9,11,21H,1-2H3,(H,22,23)/t11-/m0/s1. The SMILES string of the molecule is CNS(=O)(=O)c1cc(C(=O)O[C@@H](C)C(=O)Nc2ccccc2C#N)ccc1Cl. The van der Waals surface area contributed by atoms with Crippen LogP contribution in [0.15, 0.2) is 47.4 Å². The average molecular weight is 422 g/mol. The molecule has 28 heavy (non-hydrogen) atoms. The van der Waals surface area contributed by atoms with Gasteiger partial charge in [0.25, 0.3) is 5.91 Å². The number of carbonyl (C=O) groups is 2. The largest absolute Gasteiger partial charge is 0.449 e. The van der Waals surface area contributed by atoms with E-state index in [0.717, 1.165) is 6.07 Å². The molecular weight excluding hydrogens is 406 g/mol. The summed E-state index contributed by atoms with van der Waals surface area (Å²) in [5.74, 6) is -1.55. The zero-order valence-corrected chi connectivity index (χ0v) is 16.5. The quantitative estimate of drug-likeness (QED) is 0.689. The Morgan fingerprint density at radius 2 is 1.89 bits per heavy atom. The van der Waals surface area contributed by atoms with E-state index in [9.17, 15) is 18.0 Å². The van der Waals surface area contributed by atoms with E-state index >= 15 is 0 Å². The van der Waals surface area contributed by atoms with Crippen molar-refractivity contribution in [3.8, 4) is 6.07 Å². The molecular formula is C18H16ClN3O5S. The molecule has 2 rings (SSSR count). The third kappa shape index (κ3) is 4.86. The molecule has 2 N–H and O–H groups in total. The first-order valence-electron chi connectivity index (χ1n) is 7.93. The van der Waals surface area contributed by atoms with Gasteiger partial charge in [-0.1, -0.05) is 23.7 Å². The number of carbonyl (C=O) groups excluding carboxylic acids is 2. The van der Waals surface area contributed by atoms with Gasteiger partial charge in [-0.2, -0.15) is 5.26 Å². The normalized spacial score (nSPS) is 11.9. The summed E-state index contributed by atoms with van der Waals surface area (Å²) in [6, 6.07) is 11.9. The van der Waals surface area contributed by atoms with Crippen molar-refractivity contribution in [2.45, 2.75) is 17.9 Å². The molecule has 2 aromatic carbocycles. The number of hydrogen-bond donors (Lipinski definition) is 2. The van der Waals surface area contributed by atoms with Crippen molar-refractivity contribution in [2.75, 3.05) is 12.4 Å². The maximum absolute atomic E-state index is 12.3. The number of para-hydroxylation sites is 1. The molecule has 0 aliphatic rings. The van der Waals surface area contributed by atoms with Crippen LogP contribution >= 0.6 is 11.6 Å². The van der Waals surface area contributed by atoms with Gasteiger partial charge in [-0.3, -0.25) is 4.79 Å². The Morgan fingerprint density at radius 1 is 1.21 bits per heavy atom. The lowest BCUT2D eigenvalue weighted by Gasteiger charge is -2.14. The minimum Gasteiger partial charge on any atom is -0.449 e. The minimum atomic E-state index is -3.88. The molecule has 0 saturated heterocycles. The summed E-state index contributed by atoms with van der Waals surface area (Å²) in [5.41, 5.74) is 0.455. The second kappa shape index (κ2) is 8.84. The predicted octanol–water partition coefficient (Wildman–Crippen LogP) is 2.30. The second-order valence-electron chi connectivity index (χ2n) is 5.55. The lowest BCUT2D eigenvalue weighted by atomic mass is 10.2. The summed E-state index contributed by atoms with van der Waals surface area (Å²) in [4.78, 5) is 24.3. The van der Waals surface area contributed by atoms with E-state index < -0.39 is 28.0 Å². The smallest absolute Gasteiger partial charge is 0.338 e. The highest BCUT2D eigenvalue weighted by Crippen LogP contribution is 2.23. The fourth-order valence-electron chi connectivity index (χ4n) is 2.15. The Morgan fingerprint density at radius 3 is 2.54 bits per heavy atom.